The average Bonchev–Trinajstić information content (AvgIpc) is 2.69. The smallest absolute Gasteiger partial charge is 0.416 e. The van der Waals surface area contributed by atoms with Gasteiger partial charge in [-0.1, -0.05) is 41.4 Å². The fourth-order valence-corrected chi connectivity index (χ4v) is 3.22. The van der Waals surface area contributed by atoms with Crippen molar-refractivity contribution in [1.29, 1.82) is 0 Å². The normalized spacial score (nSPS) is 11.4. The average molecular weight is 454 g/mol. The number of rotatable bonds is 6. The van der Waals surface area contributed by atoms with Crippen molar-refractivity contribution in [2.45, 2.75) is 19.0 Å². The molecule has 0 amide bonds. The van der Waals surface area contributed by atoms with E-state index in [1.54, 1.807) is 18.2 Å². The Hall–Kier alpha value is -2.70. The highest BCUT2D eigenvalue weighted by atomic mass is 35.5. The van der Waals surface area contributed by atoms with Crippen molar-refractivity contribution < 1.29 is 23.1 Å². The molecule has 0 bridgehead atoms. The van der Waals surface area contributed by atoms with E-state index in [-0.39, 0.29) is 5.69 Å². The lowest BCUT2D eigenvalue weighted by Gasteiger charge is -2.13. The first-order valence-corrected chi connectivity index (χ1v) is 9.63. The van der Waals surface area contributed by atoms with Gasteiger partial charge < -0.3 is 10.4 Å². The molecule has 2 N–H and O–H groups in total. The van der Waals surface area contributed by atoms with Crippen LogP contribution in [0, 0.1) is 0 Å². The van der Waals surface area contributed by atoms with E-state index >= 15 is 0 Å². The van der Waals surface area contributed by atoms with E-state index in [4.69, 9.17) is 23.2 Å². The SMILES string of the molecule is O=C(O)c1cc(C(F)(F)F)ccc1Nc1ccc(CCc2ccc(Cl)c(Cl)c2)cc1. The van der Waals surface area contributed by atoms with Crippen molar-refractivity contribution in [3.05, 3.63) is 93.0 Å². The number of hydrogen-bond acceptors (Lipinski definition) is 2. The molecule has 0 saturated heterocycles. The van der Waals surface area contributed by atoms with Crippen molar-refractivity contribution in [3.8, 4) is 0 Å². The number of carbonyl (C=O) groups is 1. The van der Waals surface area contributed by atoms with Gasteiger partial charge in [0.15, 0.2) is 0 Å². The van der Waals surface area contributed by atoms with Crippen LogP contribution in [-0.4, -0.2) is 11.1 Å². The summed E-state index contributed by atoms with van der Waals surface area (Å²) in [5.41, 5.74) is 1.27. The highest BCUT2D eigenvalue weighted by Gasteiger charge is 2.31. The summed E-state index contributed by atoms with van der Waals surface area (Å²) in [6.07, 6.45) is -3.11. The summed E-state index contributed by atoms with van der Waals surface area (Å²) in [5, 5.41) is 13.1. The quantitative estimate of drug-likeness (QED) is 0.413. The molecule has 3 rings (SSSR count). The summed E-state index contributed by atoms with van der Waals surface area (Å²) < 4.78 is 38.5. The molecule has 0 fully saturated rings. The van der Waals surface area contributed by atoms with E-state index in [1.807, 2.05) is 24.3 Å². The predicted molar refractivity (Wildman–Crippen MR) is 112 cm³/mol. The van der Waals surface area contributed by atoms with Crippen molar-refractivity contribution in [2.24, 2.45) is 0 Å². The second-order valence-corrected chi connectivity index (χ2v) is 7.45. The van der Waals surface area contributed by atoms with Crippen LogP contribution in [0.2, 0.25) is 10.0 Å². The third kappa shape index (κ3) is 5.46. The number of aromatic carboxylic acids is 1. The number of halogens is 5. The summed E-state index contributed by atoms with van der Waals surface area (Å²) in [4.78, 5) is 11.4. The van der Waals surface area contributed by atoms with E-state index in [9.17, 15) is 23.1 Å². The molecule has 0 aliphatic heterocycles. The van der Waals surface area contributed by atoms with E-state index in [0.717, 1.165) is 36.1 Å². The second kappa shape index (κ2) is 8.98. The van der Waals surface area contributed by atoms with Crippen LogP contribution < -0.4 is 5.32 Å². The molecule has 0 radical (unpaired) electrons. The largest absolute Gasteiger partial charge is 0.478 e. The topological polar surface area (TPSA) is 49.3 Å². The van der Waals surface area contributed by atoms with Gasteiger partial charge >= 0.3 is 12.1 Å². The molecule has 30 heavy (non-hydrogen) atoms. The van der Waals surface area contributed by atoms with E-state index in [0.29, 0.717) is 21.8 Å². The van der Waals surface area contributed by atoms with Crippen LogP contribution in [0.5, 0.6) is 0 Å². The lowest BCUT2D eigenvalue weighted by Crippen LogP contribution is -2.09. The van der Waals surface area contributed by atoms with Gasteiger partial charge in [0.1, 0.15) is 0 Å². The van der Waals surface area contributed by atoms with Crippen molar-refractivity contribution in [3.63, 3.8) is 0 Å². The maximum Gasteiger partial charge on any atom is 0.416 e. The lowest BCUT2D eigenvalue weighted by atomic mass is 10.0. The van der Waals surface area contributed by atoms with Crippen LogP contribution in [0.4, 0.5) is 24.5 Å². The molecule has 156 valence electrons. The minimum Gasteiger partial charge on any atom is -0.478 e. The Bertz CT molecular complexity index is 1070. The highest BCUT2D eigenvalue weighted by Crippen LogP contribution is 2.33. The molecular weight excluding hydrogens is 438 g/mol. The van der Waals surface area contributed by atoms with Gasteiger partial charge in [0.2, 0.25) is 0 Å². The molecule has 0 aromatic heterocycles. The summed E-state index contributed by atoms with van der Waals surface area (Å²) in [7, 11) is 0. The molecule has 3 nitrogen and oxygen atoms in total. The summed E-state index contributed by atoms with van der Waals surface area (Å²) >= 11 is 11.9. The molecule has 0 heterocycles. The number of benzene rings is 3. The minimum absolute atomic E-state index is 0.0825. The Morgan fingerprint density at radius 2 is 1.50 bits per heavy atom. The Kier molecular flexibility index (Phi) is 6.58. The third-order valence-electron chi connectivity index (χ3n) is 4.50. The van der Waals surface area contributed by atoms with Crippen molar-refractivity contribution in [2.75, 3.05) is 5.32 Å². The van der Waals surface area contributed by atoms with Crippen molar-refractivity contribution in [1.82, 2.24) is 0 Å². The van der Waals surface area contributed by atoms with Crippen LogP contribution in [0.25, 0.3) is 0 Å². The van der Waals surface area contributed by atoms with Gasteiger partial charge in [-0.15, -0.1) is 0 Å². The number of nitrogens with one attached hydrogen (secondary N) is 1. The summed E-state index contributed by atoms with van der Waals surface area (Å²) in [5.74, 6) is -1.44. The van der Waals surface area contributed by atoms with E-state index in [2.05, 4.69) is 5.32 Å². The Morgan fingerprint density at radius 3 is 2.10 bits per heavy atom. The minimum atomic E-state index is -4.61. The Labute approximate surface area is 181 Å². The molecule has 8 heteroatoms. The van der Waals surface area contributed by atoms with Gasteiger partial charge in [-0.2, -0.15) is 13.2 Å². The molecule has 0 unspecified atom stereocenters. The summed E-state index contributed by atoms with van der Waals surface area (Å²) in [6.45, 7) is 0. The fraction of sp³-hybridized carbons (Fsp3) is 0.136. The Morgan fingerprint density at radius 1 is 0.867 bits per heavy atom. The monoisotopic (exact) mass is 453 g/mol. The first-order valence-electron chi connectivity index (χ1n) is 8.88. The highest BCUT2D eigenvalue weighted by molar-refractivity contribution is 6.42. The number of aryl methyl sites for hydroxylation is 2. The van der Waals surface area contributed by atoms with Crippen LogP contribution >= 0.6 is 23.2 Å². The first-order chi connectivity index (χ1) is 14.1. The zero-order valence-corrected chi connectivity index (χ0v) is 16.9. The molecule has 3 aromatic rings. The van der Waals surface area contributed by atoms with Crippen LogP contribution in [0.3, 0.4) is 0 Å². The predicted octanol–water partition coefficient (Wildman–Crippen LogP) is 7.24. The fourth-order valence-electron chi connectivity index (χ4n) is 2.90. The Balaban J connectivity index is 1.71. The van der Waals surface area contributed by atoms with E-state index < -0.39 is 23.3 Å². The zero-order chi connectivity index (χ0) is 21.9. The molecule has 0 aliphatic carbocycles. The van der Waals surface area contributed by atoms with Gasteiger partial charge in [-0.05, 0) is 66.4 Å². The van der Waals surface area contributed by atoms with Gasteiger partial charge in [-0.25, -0.2) is 4.79 Å². The number of anilines is 2. The number of alkyl halides is 3. The summed E-state index contributed by atoms with van der Waals surface area (Å²) in [6, 6.07) is 15.3. The van der Waals surface area contributed by atoms with Crippen LogP contribution in [0.1, 0.15) is 27.0 Å². The van der Waals surface area contributed by atoms with Gasteiger partial charge in [-0.3, -0.25) is 0 Å². The lowest BCUT2D eigenvalue weighted by molar-refractivity contribution is -0.137. The van der Waals surface area contributed by atoms with Crippen LogP contribution in [0.15, 0.2) is 60.7 Å². The molecule has 0 aliphatic rings. The van der Waals surface area contributed by atoms with Gasteiger partial charge in [0.25, 0.3) is 0 Å². The van der Waals surface area contributed by atoms with Gasteiger partial charge in [0.05, 0.1) is 26.9 Å². The molecule has 0 saturated carbocycles. The van der Waals surface area contributed by atoms with E-state index in [1.165, 1.54) is 0 Å². The first kappa shape index (κ1) is 22.0. The van der Waals surface area contributed by atoms with Crippen LogP contribution in [-0.2, 0) is 19.0 Å². The molecule has 0 atom stereocenters. The standard InChI is InChI=1S/C22H16Cl2F3NO2/c23-18-9-5-14(11-19(18)24)2-1-13-3-7-16(8-4-13)28-20-10-6-15(22(25,26)27)12-17(20)21(29)30/h3-12,28H,1-2H2,(H,29,30). The van der Waals surface area contributed by atoms with Gasteiger partial charge in [0, 0.05) is 5.69 Å². The molecule has 0 spiro atoms. The second-order valence-electron chi connectivity index (χ2n) is 6.63. The number of carboxylic acids is 1. The molecule has 3 aromatic carbocycles. The maximum atomic E-state index is 12.8. The maximum absolute atomic E-state index is 12.8. The van der Waals surface area contributed by atoms with Crippen molar-refractivity contribution >= 4 is 40.5 Å². The number of hydrogen-bond donors (Lipinski definition) is 2. The number of carboxylic acid groups (broad SMARTS) is 1. The zero-order valence-electron chi connectivity index (χ0n) is 15.4. The molecular formula is C22H16Cl2F3NO2. The third-order valence-corrected chi connectivity index (χ3v) is 5.24.